The molecule has 2 heterocycles. The van der Waals surface area contributed by atoms with Gasteiger partial charge in [-0.1, -0.05) is 11.6 Å². The number of carbonyl (C=O) groups is 2. The first-order chi connectivity index (χ1) is 12.3. The zero-order chi connectivity index (χ0) is 18.9. The highest BCUT2D eigenvalue weighted by molar-refractivity contribution is 6.30. The van der Waals surface area contributed by atoms with Gasteiger partial charge in [-0.15, -0.1) is 0 Å². The van der Waals surface area contributed by atoms with Crippen molar-refractivity contribution in [3.8, 4) is 5.69 Å². The average molecular weight is 378 g/mol. The zero-order valence-electron chi connectivity index (χ0n) is 14.6. The predicted molar refractivity (Wildman–Crippen MR) is 95.7 cm³/mol. The first-order valence-electron chi connectivity index (χ1n) is 8.25. The van der Waals surface area contributed by atoms with Gasteiger partial charge in [0, 0.05) is 29.3 Å². The smallest absolute Gasteiger partial charge is 0.331 e. The topological polar surface area (TPSA) is 93.5 Å². The van der Waals surface area contributed by atoms with Crippen molar-refractivity contribution >= 4 is 23.5 Å². The van der Waals surface area contributed by atoms with Crippen molar-refractivity contribution < 1.29 is 19.4 Å². The maximum Gasteiger partial charge on any atom is 0.331 e. The number of hydrogen-bond acceptors (Lipinski definition) is 4. The van der Waals surface area contributed by atoms with E-state index in [4.69, 9.17) is 16.3 Å². The van der Waals surface area contributed by atoms with Crippen molar-refractivity contribution in [1.82, 2.24) is 15.1 Å². The van der Waals surface area contributed by atoms with E-state index in [1.165, 1.54) is 0 Å². The fraction of sp³-hybridized carbons (Fsp3) is 0.389. The second kappa shape index (κ2) is 7.09. The van der Waals surface area contributed by atoms with Gasteiger partial charge in [-0.3, -0.25) is 4.79 Å². The van der Waals surface area contributed by atoms with E-state index < -0.39 is 11.5 Å². The lowest BCUT2D eigenvalue weighted by Gasteiger charge is -2.23. The number of amides is 1. The van der Waals surface area contributed by atoms with E-state index >= 15 is 0 Å². The van der Waals surface area contributed by atoms with E-state index in [2.05, 4.69) is 10.4 Å². The van der Waals surface area contributed by atoms with Crippen LogP contribution in [0, 0.1) is 13.8 Å². The van der Waals surface area contributed by atoms with Crippen LogP contribution in [0.15, 0.2) is 24.3 Å². The largest absolute Gasteiger partial charge is 0.479 e. The molecule has 1 unspecified atom stereocenters. The third kappa shape index (κ3) is 3.45. The summed E-state index contributed by atoms with van der Waals surface area (Å²) in [5.41, 5.74) is 1.82. The summed E-state index contributed by atoms with van der Waals surface area (Å²) in [5.74, 6) is -1.44. The molecule has 26 heavy (non-hydrogen) atoms. The van der Waals surface area contributed by atoms with E-state index in [1.807, 2.05) is 26.0 Å². The Hall–Kier alpha value is -2.38. The molecule has 8 heteroatoms. The lowest BCUT2D eigenvalue weighted by atomic mass is 9.98. The summed E-state index contributed by atoms with van der Waals surface area (Å²) in [6, 6.07) is 7.24. The molecule has 1 aromatic heterocycles. The molecule has 1 fully saturated rings. The molecule has 1 amide bonds. The number of aryl methyl sites for hydroxylation is 1. The van der Waals surface area contributed by atoms with E-state index in [1.54, 1.807) is 16.8 Å². The Labute approximate surface area is 155 Å². The minimum atomic E-state index is -1.34. The summed E-state index contributed by atoms with van der Waals surface area (Å²) in [6.07, 6.45) is 0.316. The summed E-state index contributed by atoms with van der Waals surface area (Å²) >= 11 is 5.92. The number of carboxylic acid groups (broad SMARTS) is 1. The van der Waals surface area contributed by atoms with Crippen LogP contribution in [0.3, 0.4) is 0 Å². The number of nitrogens with zero attached hydrogens (tertiary/aromatic N) is 2. The molecule has 7 nitrogen and oxygen atoms in total. The molecule has 2 aromatic rings. The van der Waals surface area contributed by atoms with Crippen LogP contribution in [-0.4, -0.2) is 45.5 Å². The molecule has 0 spiro atoms. The Morgan fingerprint density at radius 1 is 1.35 bits per heavy atom. The average Bonchev–Trinajstić information content (AvgIpc) is 3.17. The number of aromatic nitrogens is 2. The van der Waals surface area contributed by atoms with Gasteiger partial charge in [0.2, 0.25) is 5.91 Å². The van der Waals surface area contributed by atoms with Gasteiger partial charge >= 0.3 is 5.97 Å². The molecule has 1 aliphatic rings. The molecular weight excluding hydrogens is 358 g/mol. The van der Waals surface area contributed by atoms with E-state index in [-0.39, 0.29) is 25.4 Å². The number of nitrogens with one attached hydrogen (secondary N) is 1. The number of hydrogen-bond donors (Lipinski definition) is 2. The molecule has 2 N–H and O–H groups in total. The van der Waals surface area contributed by atoms with Crippen LogP contribution >= 0.6 is 11.6 Å². The van der Waals surface area contributed by atoms with Crippen molar-refractivity contribution in [2.24, 2.45) is 0 Å². The third-order valence-electron chi connectivity index (χ3n) is 4.66. The van der Waals surface area contributed by atoms with Crippen molar-refractivity contribution in [1.29, 1.82) is 0 Å². The molecule has 0 bridgehead atoms. The lowest BCUT2D eigenvalue weighted by Crippen LogP contribution is -2.55. The van der Waals surface area contributed by atoms with Crippen LogP contribution in [0.25, 0.3) is 5.69 Å². The number of ether oxygens (including phenoxy) is 1. The van der Waals surface area contributed by atoms with Crippen LogP contribution in [0.5, 0.6) is 0 Å². The first kappa shape index (κ1) is 18.4. The normalized spacial score (nSPS) is 19.5. The quantitative estimate of drug-likeness (QED) is 0.831. The first-order valence-corrected chi connectivity index (χ1v) is 8.63. The van der Waals surface area contributed by atoms with E-state index in [0.29, 0.717) is 11.6 Å². The monoisotopic (exact) mass is 377 g/mol. The van der Waals surface area contributed by atoms with Gasteiger partial charge in [-0.25, -0.2) is 9.48 Å². The number of benzene rings is 1. The highest BCUT2D eigenvalue weighted by Crippen LogP contribution is 2.22. The fourth-order valence-corrected chi connectivity index (χ4v) is 3.25. The van der Waals surface area contributed by atoms with Crippen molar-refractivity contribution in [2.75, 3.05) is 13.2 Å². The van der Waals surface area contributed by atoms with Crippen LogP contribution < -0.4 is 5.32 Å². The molecule has 0 aliphatic carbocycles. The van der Waals surface area contributed by atoms with Crippen molar-refractivity contribution in [3.63, 3.8) is 0 Å². The van der Waals surface area contributed by atoms with Crippen LogP contribution in [0.2, 0.25) is 5.02 Å². The molecule has 3 rings (SSSR count). The van der Waals surface area contributed by atoms with Gasteiger partial charge < -0.3 is 15.2 Å². The van der Waals surface area contributed by atoms with Gasteiger partial charge in [0.25, 0.3) is 0 Å². The second-order valence-corrected chi connectivity index (χ2v) is 6.89. The molecular formula is C18H20ClN3O4. The number of carbonyl (C=O) groups excluding carboxylic acids is 1. The summed E-state index contributed by atoms with van der Waals surface area (Å²) in [4.78, 5) is 24.0. The fourth-order valence-electron chi connectivity index (χ4n) is 3.12. The highest BCUT2D eigenvalue weighted by atomic mass is 35.5. The van der Waals surface area contributed by atoms with Gasteiger partial charge in [0.05, 0.1) is 24.4 Å². The van der Waals surface area contributed by atoms with Crippen LogP contribution in [-0.2, 0) is 20.7 Å². The molecule has 0 radical (unpaired) electrons. The zero-order valence-corrected chi connectivity index (χ0v) is 15.3. The van der Waals surface area contributed by atoms with E-state index in [0.717, 1.165) is 22.6 Å². The minimum Gasteiger partial charge on any atom is -0.479 e. The Kier molecular flexibility index (Phi) is 5.02. The lowest BCUT2D eigenvalue weighted by molar-refractivity contribution is -0.147. The van der Waals surface area contributed by atoms with Gasteiger partial charge in [0.15, 0.2) is 5.54 Å². The maximum atomic E-state index is 12.5. The summed E-state index contributed by atoms with van der Waals surface area (Å²) in [5, 5.41) is 17.2. The Balaban J connectivity index is 1.81. The predicted octanol–water partition coefficient (Wildman–Crippen LogP) is 2.04. The number of aliphatic carboxylic acids is 1. The Morgan fingerprint density at radius 2 is 2.04 bits per heavy atom. The Morgan fingerprint density at radius 3 is 2.62 bits per heavy atom. The number of carboxylic acids is 1. The summed E-state index contributed by atoms with van der Waals surface area (Å²) in [7, 11) is 0. The maximum absolute atomic E-state index is 12.5. The number of halogens is 1. The molecule has 1 aliphatic heterocycles. The SMILES string of the molecule is Cc1nn(-c2ccc(Cl)cc2)c(C)c1CC(=O)NC1(C(=O)O)CCOC1. The van der Waals surface area contributed by atoms with Crippen LogP contribution in [0.4, 0.5) is 0 Å². The van der Waals surface area contributed by atoms with Crippen molar-refractivity contribution in [3.05, 3.63) is 46.2 Å². The molecule has 0 saturated carbocycles. The third-order valence-corrected chi connectivity index (χ3v) is 4.91. The van der Waals surface area contributed by atoms with Gasteiger partial charge in [-0.05, 0) is 38.1 Å². The summed E-state index contributed by atoms with van der Waals surface area (Å²) in [6.45, 7) is 4.01. The van der Waals surface area contributed by atoms with Gasteiger partial charge in [0.1, 0.15) is 0 Å². The second-order valence-electron chi connectivity index (χ2n) is 6.45. The van der Waals surface area contributed by atoms with Gasteiger partial charge in [-0.2, -0.15) is 5.10 Å². The molecule has 1 saturated heterocycles. The van der Waals surface area contributed by atoms with E-state index in [9.17, 15) is 14.7 Å². The minimum absolute atomic E-state index is 0.0178. The van der Waals surface area contributed by atoms with Crippen LogP contribution in [0.1, 0.15) is 23.4 Å². The Bertz CT molecular complexity index is 839. The molecule has 138 valence electrons. The number of rotatable bonds is 5. The standard InChI is InChI=1S/C18H20ClN3O4/c1-11-15(9-16(23)20-18(17(24)25)7-8-26-10-18)12(2)22(21-11)14-5-3-13(19)4-6-14/h3-6H,7-10H2,1-2H3,(H,20,23)(H,24,25). The van der Waals surface area contributed by atoms with Crippen molar-refractivity contribution in [2.45, 2.75) is 32.2 Å². The molecule has 1 aromatic carbocycles. The summed E-state index contributed by atoms with van der Waals surface area (Å²) < 4.78 is 6.92. The molecule has 1 atom stereocenters. The highest BCUT2D eigenvalue weighted by Gasteiger charge is 2.44.